The molecule has 1 amide bonds. The Kier molecular flexibility index (Phi) is 4.13. The summed E-state index contributed by atoms with van der Waals surface area (Å²) in [6.45, 7) is 1.22. The van der Waals surface area contributed by atoms with E-state index in [0.717, 1.165) is 23.4 Å². The Labute approximate surface area is 145 Å². The molecule has 2 aliphatic rings. The van der Waals surface area contributed by atoms with Crippen molar-refractivity contribution >= 4 is 17.4 Å². The summed E-state index contributed by atoms with van der Waals surface area (Å²) < 4.78 is 7.31. The molecule has 0 radical (unpaired) electrons. The first-order valence-electron chi connectivity index (χ1n) is 8.48. The molecule has 1 unspecified atom stereocenters. The number of oxime groups is 1. The molecule has 1 aromatic heterocycles. The lowest BCUT2D eigenvalue weighted by Crippen LogP contribution is -2.45. The number of hydrogen-bond donors (Lipinski definition) is 0. The molecule has 130 valence electrons. The molecule has 1 aromatic carbocycles. The number of benzene rings is 1. The predicted molar refractivity (Wildman–Crippen MR) is 92.8 cm³/mol. The van der Waals surface area contributed by atoms with Gasteiger partial charge in [0, 0.05) is 37.8 Å². The van der Waals surface area contributed by atoms with Crippen LogP contribution in [0.2, 0.25) is 0 Å². The van der Waals surface area contributed by atoms with Crippen LogP contribution < -0.4 is 9.64 Å². The maximum Gasteiger partial charge on any atom is 0.272 e. The van der Waals surface area contributed by atoms with Crippen LogP contribution in [0.25, 0.3) is 0 Å². The van der Waals surface area contributed by atoms with Crippen molar-refractivity contribution in [1.29, 1.82) is 0 Å². The lowest BCUT2D eigenvalue weighted by atomic mass is 10.0. The second kappa shape index (κ2) is 6.58. The van der Waals surface area contributed by atoms with E-state index in [4.69, 9.17) is 9.57 Å². The monoisotopic (exact) mass is 340 g/mol. The van der Waals surface area contributed by atoms with E-state index < -0.39 is 6.10 Å². The molecule has 0 N–H and O–H groups in total. The number of hydrogen-bond acceptors (Lipinski definition) is 5. The van der Waals surface area contributed by atoms with Crippen molar-refractivity contribution in [1.82, 2.24) is 9.78 Å². The fourth-order valence-electron chi connectivity index (χ4n) is 3.16. The second-order valence-corrected chi connectivity index (χ2v) is 6.21. The zero-order chi connectivity index (χ0) is 17.2. The molecular formula is C18H20N4O3. The number of rotatable bonds is 3. The molecule has 2 aliphatic heterocycles. The number of aryl methyl sites for hydroxylation is 1. The summed E-state index contributed by atoms with van der Waals surface area (Å²) in [4.78, 5) is 20.0. The Hall–Kier alpha value is -2.83. The number of carbonyl (C=O) groups is 1. The molecule has 0 bridgehead atoms. The van der Waals surface area contributed by atoms with Gasteiger partial charge in [0.15, 0.2) is 5.82 Å². The van der Waals surface area contributed by atoms with E-state index in [-0.39, 0.29) is 5.91 Å². The van der Waals surface area contributed by atoms with Gasteiger partial charge >= 0.3 is 0 Å². The average molecular weight is 340 g/mol. The van der Waals surface area contributed by atoms with Gasteiger partial charge in [0.05, 0.1) is 12.3 Å². The predicted octanol–water partition coefficient (Wildman–Crippen LogP) is 2.12. The van der Waals surface area contributed by atoms with E-state index in [2.05, 4.69) is 10.3 Å². The summed E-state index contributed by atoms with van der Waals surface area (Å²) in [6.07, 6.45) is 3.45. The number of para-hydroxylation sites is 1. The first kappa shape index (κ1) is 15.7. The minimum Gasteiger partial charge on any atom is -0.492 e. The smallest absolute Gasteiger partial charge is 0.272 e. The number of nitrogens with zero attached hydrogens (tertiary/aromatic N) is 4. The molecule has 1 atom stereocenters. The Balaban J connectivity index is 1.50. The highest BCUT2D eigenvalue weighted by molar-refractivity contribution is 6.03. The van der Waals surface area contributed by atoms with E-state index in [9.17, 15) is 4.79 Å². The molecule has 3 heterocycles. The lowest BCUT2D eigenvalue weighted by Gasteiger charge is -2.29. The maximum atomic E-state index is 12.7. The van der Waals surface area contributed by atoms with Crippen LogP contribution in [0.15, 0.2) is 41.7 Å². The van der Waals surface area contributed by atoms with Crippen LogP contribution in [-0.2, 0) is 16.7 Å². The molecule has 7 nitrogen and oxygen atoms in total. The van der Waals surface area contributed by atoms with E-state index in [1.54, 1.807) is 9.58 Å². The Morgan fingerprint density at radius 2 is 2.20 bits per heavy atom. The first-order chi connectivity index (χ1) is 12.2. The quantitative estimate of drug-likeness (QED) is 0.803. The molecule has 1 saturated heterocycles. The van der Waals surface area contributed by atoms with Crippen molar-refractivity contribution in [3.63, 3.8) is 0 Å². The van der Waals surface area contributed by atoms with Crippen molar-refractivity contribution < 1.29 is 14.4 Å². The molecule has 2 aromatic rings. The highest BCUT2D eigenvalue weighted by Gasteiger charge is 2.33. The SMILES string of the molecule is Cn1ccc(N2CCCC(O/N=C3/CCOc4ccccc43)C2=O)n1. The number of ether oxygens (including phenoxy) is 1. The Bertz CT molecular complexity index is 814. The van der Waals surface area contributed by atoms with Gasteiger partial charge in [-0.05, 0) is 25.0 Å². The average Bonchev–Trinajstić information content (AvgIpc) is 3.07. The Morgan fingerprint density at radius 3 is 3.04 bits per heavy atom. The molecular weight excluding hydrogens is 320 g/mol. The van der Waals surface area contributed by atoms with Gasteiger partial charge < -0.3 is 9.57 Å². The second-order valence-electron chi connectivity index (χ2n) is 6.21. The van der Waals surface area contributed by atoms with Gasteiger partial charge in [-0.15, -0.1) is 0 Å². The number of amides is 1. The summed E-state index contributed by atoms with van der Waals surface area (Å²) in [5.74, 6) is 1.38. The number of piperidine rings is 1. The third-order valence-electron chi connectivity index (χ3n) is 4.45. The normalized spacial score (nSPS) is 21.8. The summed E-state index contributed by atoms with van der Waals surface area (Å²) in [7, 11) is 1.83. The summed E-state index contributed by atoms with van der Waals surface area (Å²) in [5, 5.41) is 8.61. The van der Waals surface area contributed by atoms with Crippen molar-refractivity contribution in [2.24, 2.45) is 12.2 Å². The highest BCUT2D eigenvalue weighted by atomic mass is 16.6. The summed E-state index contributed by atoms with van der Waals surface area (Å²) >= 11 is 0. The van der Waals surface area contributed by atoms with Crippen LogP contribution in [0.3, 0.4) is 0 Å². The van der Waals surface area contributed by atoms with Crippen LogP contribution in [0.4, 0.5) is 5.82 Å². The standard InChI is InChI=1S/C18H20N4O3/c1-21-11-8-17(19-21)22-10-4-7-16(18(22)23)25-20-14-9-12-24-15-6-3-2-5-13(14)15/h2-3,5-6,8,11,16H,4,7,9-10,12H2,1H3/b20-14-. The molecule has 4 rings (SSSR count). The molecule has 25 heavy (non-hydrogen) atoms. The van der Waals surface area contributed by atoms with Gasteiger partial charge in [0.1, 0.15) is 5.75 Å². The molecule has 0 aliphatic carbocycles. The largest absolute Gasteiger partial charge is 0.492 e. The van der Waals surface area contributed by atoms with Crippen molar-refractivity contribution in [2.45, 2.75) is 25.4 Å². The minimum absolute atomic E-state index is 0.0883. The van der Waals surface area contributed by atoms with E-state index in [1.165, 1.54) is 0 Å². The van der Waals surface area contributed by atoms with Crippen LogP contribution in [0.1, 0.15) is 24.8 Å². The molecule has 1 fully saturated rings. The van der Waals surface area contributed by atoms with E-state index in [0.29, 0.717) is 31.8 Å². The summed E-state index contributed by atoms with van der Waals surface area (Å²) in [6, 6.07) is 9.58. The van der Waals surface area contributed by atoms with Crippen LogP contribution >= 0.6 is 0 Å². The third-order valence-corrected chi connectivity index (χ3v) is 4.45. The minimum atomic E-state index is -0.571. The van der Waals surface area contributed by atoms with Gasteiger partial charge in [-0.25, -0.2) is 0 Å². The van der Waals surface area contributed by atoms with E-state index >= 15 is 0 Å². The lowest BCUT2D eigenvalue weighted by molar-refractivity contribution is -0.132. The Morgan fingerprint density at radius 1 is 1.32 bits per heavy atom. The zero-order valence-electron chi connectivity index (χ0n) is 14.1. The van der Waals surface area contributed by atoms with Crippen molar-refractivity contribution in [2.75, 3.05) is 18.1 Å². The van der Waals surface area contributed by atoms with Crippen LogP contribution in [0.5, 0.6) is 5.75 Å². The third kappa shape index (κ3) is 3.09. The molecule has 0 spiro atoms. The number of fused-ring (bicyclic) bond motifs is 1. The molecule has 0 saturated carbocycles. The number of anilines is 1. The number of carbonyl (C=O) groups excluding carboxylic acids is 1. The number of aromatic nitrogens is 2. The van der Waals surface area contributed by atoms with Gasteiger partial charge in [0.2, 0.25) is 6.10 Å². The van der Waals surface area contributed by atoms with Gasteiger partial charge in [-0.1, -0.05) is 17.3 Å². The maximum absolute atomic E-state index is 12.7. The fraction of sp³-hybridized carbons (Fsp3) is 0.389. The van der Waals surface area contributed by atoms with Crippen LogP contribution in [-0.4, -0.2) is 40.7 Å². The van der Waals surface area contributed by atoms with Crippen LogP contribution in [0, 0.1) is 0 Å². The zero-order valence-corrected chi connectivity index (χ0v) is 14.1. The topological polar surface area (TPSA) is 68.9 Å². The first-order valence-corrected chi connectivity index (χ1v) is 8.48. The van der Waals surface area contributed by atoms with E-state index in [1.807, 2.05) is 43.6 Å². The van der Waals surface area contributed by atoms with Gasteiger partial charge in [-0.2, -0.15) is 5.10 Å². The molecule has 7 heteroatoms. The summed E-state index contributed by atoms with van der Waals surface area (Å²) in [5.41, 5.74) is 1.75. The van der Waals surface area contributed by atoms with Crippen molar-refractivity contribution in [3.05, 3.63) is 42.1 Å². The van der Waals surface area contributed by atoms with Crippen molar-refractivity contribution in [3.8, 4) is 5.75 Å². The van der Waals surface area contributed by atoms with Gasteiger partial charge in [-0.3, -0.25) is 14.4 Å². The van der Waals surface area contributed by atoms with Gasteiger partial charge in [0.25, 0.3) is 5.91 Å². The highest BCUT2D eigenvalue weighted by Crippen LogP contribution is 2.26. The fourth-order valence-corrected chi connectivity index (χ4v) is 3.16.